The summed E-state index contributed by atoms with van der Waals surface area (Å²) >= 11 is 0. The van der Waals surface area contributed by atoms with E-state index in [0.717, 1.165) is 5.65 Å². The number of amides is 1. The van der Waals surface area contributed by atoms with Crippen LogP contribution in [-0.4, -0.2) is 52.2 Å². The lowest BCUT2D eigenvalue weighted by molar-refractivity contribution is 0.0633. The van der Waals surface area contributed by atoms with Crippen LogP contribution in [0.1, 0.15) is 17.3 Å². The Morgan fingerprint density at radius 1 is 1.56 bits per heavy atom. The molecule has 0 aliphatic rings. The van der Waals surface area contributed by atoms with Crippen LogP contribution in [0.4, 0.5) is 0 Å². The Hall–Kier alpha value is -1.95. The molecule has 18 heavy (non-hydrogen) atoms. The molecule has 6 nitrogen and oxygen atoms in total. The first-order chi connectivity index (χ1) is 8.63. The van der Waals surface area contributed by atoms with Crippen molar-refractivity contribution in [2.75, 3.05) is 20.8 Å². The van der Waals surface area contributed by atoms with Gasteiger partial charge in [0.25, 0.3) is 5.91 Å². The molecule has 1 atom stereocenters. The summed E-state index contributed by atoms with van der Waals surface area (Å²) in [6, 6.07) is 3.55. The minimum Gasteiger partial charge on any atom is -0.383 e. The molecule has 0 N–H and O–H groups in total. The fourth-order valence-corrected chi connectivity index (χ4v) is 1.71. The second-order valence-corrected chi connectivity index (χ2v) is 4.23. The highest BCUT2D eigenvalue weighted by atomic mass is 16.5. The molecule has 0 aliphatic carbocycles. The summed E-state index contributed by atoms with van der Waals surface area (Å²) in [5, 5.41) is 7.68. The molecule has 2 aromatic heterocycles. The van der Waals surface area contributed by atoms with Crippen LogP contribution in [-0.2, 0) is 4.74 Å². The molecule has 0 bridgehead atoms. The van der Waals surface area contributed by atoms with Gasteiger partial charge in [0.05, 0.1) is 18.2 Å². The number of methoxy groups -OCH3 is 1. The van der Waals surface area contributed by atoms with Crippen molar-refractivity contribution in [2.45, 2.75) is 13.0 Å². The summed E-state index contributed by atoms with van der Waals surface area (Å²) in [6.07, 6.45) is 3.30. The second kappa shape index (κ2) is 5.14. The molecular formula is C12H16N4O2. The van der Waals surface area contributed by atoms with E-state index in [1.165, 1.54) is 0 Å². The van der Waals surface area contributed by atoms with E-state index in [2.05, 4.69) is 10.2 Å². The number of hydrogen-bond donors (Lipinski definition) is 0. The van der Waals surface area contributed by atoms with E-state index >= 15 is 0 Å². The number of hydrogen-bond acceptors (Lipinski definition) is 4. The van der Waals surface area contributed by atoms with Crippen LogP contribution in [0.25, 0.3) is 5.65 Å². The fraction of sp³-hybridized carbons (Fsp3) is 0.417. The maximum absolute atomic E-state index is 12.2. The van der Waals surface area contributed by atoms with Crippen LogP contribution in [0, 0.1) is 0 Å². The topological polar surface area (TPSA) is 59.7 Å². The molecule has 0 aromatic carbocycles. The van der Waals surface area contributed by atoms with E-state index in [4.69, 9.17) is 4.74 Å². The maximum Gasteiger partial charge on any atom is 0.255 e. The van der Waals surface area contributed by atoms with E-state index < -0.39 is 0 Å². The molecule has 2 rings (SSSR count). The molecule has 1 amide bonds. The number of likely N-dealkylation sites (N-methyl/N-ethyl adjacent to an activating group) is 1. The van der Waals surface area contributed by atoms with Crippen LogP contribution in [0.5, 0.6) is 0 Å². The van der Waals surface area contributed by atoms with Crippen molar-refractivity contribution in [3.63, 3.8) is 0 Å². The van der Waals surface area contributed by atoms with E-state index in [1.54, 1.807) is 48.1 Å². The van der Waals surface area contributed by atoms with Crippen LogP contribution in [0.15, 0.2) is 24.7 Å². The molecule has 0 aliphatic heterocycles. The quantitative estimate of drug-likeness (QED) is 0.804. The molecule has 0 spiro atoms. The lowest BCUT2D eigenvalue weighted by Gasteiger charge is -2.24. The lowest BCUT2D eigenvalue weighted by Crippen LogP contribution is -2.37. The predicted octanol–water partition coefficient (Wildman–Crippen LogP) is 0.836. The molecule has 0 radical (unpaired) electrons. The van der Waals surface area contributed by atoms with Gasteiger partial charge in [-0.1, -0.05) is 0 Å². The van der Waals surface area contributed by atoms with E-state index in [1.807, 2.05) is 6.92 Å². The van der Waals surface area contributed by atoms with Gasteiger partial charge in [-0.3, -0.25) is 9.20 Å². The van der Waals surface area contributed by atoms with Gasteiger partial charge >= 0.3 is 0 Å². The van der Waals surface area contributed by atoms with E-state index in [-0.39, 0.29) is 11.9 Å². The number of carbonyl (C=O) groups excluding carboxylic acids is 1. The third-order valence-electron chi connectivity index (χ3n) is 2.93. The molecule has 0 fully saturated rings. The highest BCUT2D eigenvalue weighted by Gasteiger charge is 2.17. The van der Waals surface area contributed by atoms with Crippen molar-refractivity contribution >= 4 is 11.6 Å². The molecule has 2 heterocycles. The summed E-state index contributed by atoms with van der Waals surface area (Å²) in [5.41, 5.74) is 1.33. The minimum atomic E-state index is -0.0462. The van der Waals surface area contributed by atoms with Crippen LogP contribution >= 0.6 is 0 Å². The number of rotatable bonds is 4. The van der Waals surface area contributed by atoms with Gasteiger partial charge in [-0.05, 0) is 19.1 Å². The summed E-state index contributed by atoms with van der Waals surface area (Å²) in [6.45, 7) is 2.45. The first-order valence-corrected chi connectivity index (χ1v) is 5.69. The second-order valence-electron chi connectivity index (χ2n) is 4.23. The molecule has 0 saturated heterocycles. The first-order valence-electron chi connectivity index (χ1n) is 5.69. The predicted molar refractivity (Wildman–Crippen MR) is 66.4 cm³/mol. The van der Waals surface area contributed by atoms with Gasteiger partial charge in [-0.25, -0.2) is 0 Å². The lowest BCUT2D eigenvalue weighted by atomic mass is 10.2. The van der Waals surface area contributed by atoms with E-state index in [0.29, 0.717) is 12.2 Å². The fourth-order valence-electron chi connectivity index (χ4n) is 1.71. The standard InChI is InChI=1S/C12H16N4O2/c1-9(7-18-3)15(2)12(17)10-4-5-11-14-13-8-16(11)6-10/h4-6,8-9H,7H2,1-3H3/t9-/m0/s1. The van der Waals surface area contributed by atoms with Crippen molar-refractivity contribution in [3.8, 4) is 0 Å². The molecule has 96 valence electrons. The van der Waals surface area contributed by atoms with Crippen molar-refractivity contribution in [2.24, 2.45) is 0 Å². The average Bonchev–Trinajstić information content (AvgIpc) is 2.84. The average molecular weight is 248 g/mol. The van der Waals surface area contributed by atoms with Gasteiger partial charge in [0, 0.05) is 20.4 Å². The Kier molecular flexibility index (Phi) is 3.57. The van der Waals surface area contributed by atoms with Gasteiger partial charge in [-0.2, -0.15) is 0 Å². The monoisotopic (exact) mass is 248 g/mol. The van der Waals surface area contributed by atoms with Crippen LogP contribution in [0.3, 0.4) is 0 Å². The van der Waals surface area contributed by atoms with Gasteiger partial charge in [0.15, 0.2) is 5.65 Å². The van der Waals surface area contributed by atoms with Crippen LogP contribution in [0.2, 0.25) is 0 Å². The maximum atomic E-state index is 12.2. The molecule has 0 unspecified atom stereocenters. The van der Waals surface area contributed by atoms with Crippen molar-refractivity contribution in [1.29, 1.82) is 0 Å². The molecule has 6 heteroatoms. The number of fused-ring (bicyclic) bond motifs is 1. The normalized spacial score (nSPS) is 12.6. The van der Waals surface area contributed by atoms with Gasteiger partial charge in [-0.15, -0.1) is 10.2 Å². The number of aromatic nitrogens is 3. The Bertz CT molecular complexity index is 552. The zero-order valence-electron chi connectivity index (χ0n) is 10.7. The third-order valence-corrected chi connectivity index (χ3v) is 2.93. The molecule has 0 saturated carbocycles. The Balaban J connectivity index is 2.21. The first kappa shape index (κ1) is 12.5. The minimum absolute atomic E-state index is 0.0270. The summed E-state index contributed by atoms with van der Waals surface area (Å²) in [4.78, 5) is 13.9. The van der Waals surface area contributed by atoms with Crippen molar-refractivity contribution in [3.05, 3.63) is 30.2 Å². The smallest absolute Gasteiger partial charge is 0.255 e. The largest absolute Gasteiger partial charge is 0.383 e. The number of nitrogens with zero attached hydrogens (tertiary/aromatic N) is 4. The van der Waals surface area contributed by atoms with Crippen molar-refractivity contribution in [1.82, 2.24) is 19.5 Å². The third kappa shape index (κ3) is 2.33. The highest BCUT2D eigenvalue weighted by molar-refractivity contribution is 5.94. The summed E-state index contributed by atoms with van der Waals surface area (Å²) in [5.74, 6) is -0.0462. The van der Waals surface area contributed by atoms with Crippen LogP contribution < -0.4 is 0 Å². The number of carbonyl (C=O) groups is 1. The number of pyridine rings is 1. The number of ether oxygens (including phenoxy) is 1. The van der Waals surface area contributed by atoms with Crippen molar-refractivity contribution < 1.29 is 9.53 Å². The zero-order chi connectivity index (χ0) is 13.1. The van der Waals surface area contributed by atoms with Gasteiger partial charge in [0.2, 0.25) is 0 Å². The molecule has 2 aromatic rings. The molecular weight excluding hydrogens is 232 g/mol. The van der Waals surface area contributed by atoms with Gasteiger partial charge < -0.3 is 9.64 Å². The Labute approximate surface area is 105 Å². The van der Waals surface area contributed by atoms with Gasteiger partial charge in [0.1, 0.15) is 6.33 Å². The SMILES string of the molecule is COC[C@H](C)N(C)C(=O)c1ccc2nncn2c1. The zero-order valence-corrected chi connectivity index (χ0v) is 10.7. The Morgan fingerprint density at radius 2 is 2.33 bits per heavy atom. The Morgan fingerprint density at radius 3 is 3.06 bits per heavy atom. The summed E-state index contributed by atoms with van der Waals surface area (Å²) in [7, 11) is 3.39. The van der Waals surface area contributed by atoms with E-state index in [9.17, 15) is 4.79 Å². The highest BCUT2D eigenvalue weighted by Crippen LogP contribution is 2.08. The summed E-state index contributed by atoms with van der Waals surface area (Å²) < 4.78 is 6.77.